The van der Waals surface area contributed by atoms with Gasteiger partial charge < -0.3 is 17.5 Å². The van der Waals surface area contributed by atoms with Crippen molar-refractivity contribution in [2.45, 2.75) is 38.7 Å². The Hall–Kier alpha value is -0.944. The van der Waals surface area contributed by atoms with Gasteiger partial charge in [0.1, 0.15) is 0 Å². The number of carbonyl (C=O) groups excluding carboxylic acids is 1. The Labute approximate surface area is 226 Å². The van der Waals surface area contributed by atoms with Crippen LogP contribution in [-0.2, 0) is 5.60 Å². The Morgan fingerprint density at radius 1 is 0.969 bits per heavy atom. The summed E-state index contributed by atoms with van der Waals surface area (Å²) in [5.41, 5.74) is 2.67. The van der Waals surface area contributed by atoms with Gasteiger partial charge in [0.2, 0.25) is 0 Å². The zero-order valence-electron chi connectivity index (χ0n) is 19.1. The summed E-state index contributed by atoms with van der Waals surface area (Å²) in [7, 11) is 0. The second-order valence-electron chi connectivity index (χ2n) is 7.16. The summed E-state index contributed by atoms with van der Waals surface area (Å²) in [5.74, 6) is 0.951. The molecule has 1 N–H and O–H groups in total. The van der Waals surface area contributed by atoms with E-state index in [2.05, 4.69) is 20.1 Å². The minimum atomic E-state index is -0.866. The SMILES string of the molecule is C=C(C)CC(O)(CCCl)c1ccccc1.C=C([CH2-])C.O=C(CCCl)c1ccccc1.[Cl-].[Mg+2]. The van der Waals surface area contributed by atoms with Gasteiger partial charge in [-0.05, 0) is 18.9 Å². The first kappa shape index (κ1) is 35.6. The molecule has 0 bridgehead atoms. The van der Waals surface area contributed by atoms with Crippen molar-refractivity contribution in [1.29, 1.82) is 0 Å². The molecule has 2 rings (SSSR count). The van der Waals surface area contributed by atoms with E-state index in [0.29, 0.717) is 31.0 Å². The predicted octanol–water partition coefficient (Wildman–Crippen LogP) is 3.99. The van der Waals surface area contributed by atoms with Crippen molar-refractivity contribution in [2.75, 3.05) is 11.8 Å². The van der Waals surface area contributed by atoms with Crippen LogP contribution in [0, 0.1) is 6.92 Å². The van der Waals surface area contributed by atoms with E-state index in [4.69, 9.17) is 23.2 Å². The summed E-state index contributed by atoms with van der Waals surface area (Å²) in [6.45, 7) is 14.5. The fourth-order valence-corrected chi connectivity index (χ4v) is 3.08. The first-order valence-corrected chi connectivity index (χ1v) is 10.8. The minimum Gasteiger partial charge on any atom is -1.00 e. The Kier molecular flexibility index (Phi) is 23.0. The predicted molar refractivity (Wildman–Crippen MR) is 137 cm³/mol. The molecule has 0 saturated carbocycles. The summed E-state index contributed by atoms with van der Waals surface area (Å²) in [5, 5.41) is 10.5. The van der Waals surface area contributed by atoms with E-state index < -0.39 is 5.60 Å². The third-order valence-electron chi connectivity index (χ3n) is 3.83. The minimum absolute atomic E-state index is 0. The average Bonchev–Trinajstić information content (AvgIpc) is 2.69. The van der Waals surface area contributed by atoms with Crippen molar-refractivity contribution >= 4 is 52.0 Å². The number of hydrogen-bond acceptors (Lipinski definition) is 2. The standard InChI is InChI=1S/C13H17ClO.C9H9ClO.C4H7.ClH.Mg/c1-11(2)10-13(15,8-9-14)12-6-4-3-5-7-12;10-7-6-9(11)8-4-2-1-3-5-8;1-4(2)3;;/h3-7,15H,1,8-10H2,2H3;1-5H,6-7H2;1-2H2,3H3;1H;/q;;-1;;+2/p-1. The number of aliphatic hydroxyl groups is 1. The van der Waals surface area contributed by atoms with Gasteiger partial charge in [0, 0.05) is 30.2 Å². The molecule has 0 spiro atoms. The molecular formula is C26H33Cl3MgO2. The van der Waals surface area contributed by atoms with Crippen LogP contribution in [-0.4, -0.2) is 45.7 Å². The third kappa shape index (κ3) is 16.7. The largest absolute Gasteiger partial charge is 2.00 e. The Morgan fingerprint density at radius 3 is 1.78 bits per heavy atom. The van der Waals surface area contributed by atoms with Crippen molar-refractivity contribution in [3.8, 4) is 0 Å². The number of rotatable bonds is 8. The van der Waals surface area contributed by atoms with Crippen LogP contribution in [0.3, 0.4) is 0 Å². The summed E-state index contributed by atoms with van der Waals surface area (Å²) in [6, 6.07) is 18.8. The zero-order valence-corrected chi connectivity index (χ0v) is 22.8. The molecule has 1 atom stereocenters. The molecule has 6 heteroatoms. The molecular weight excluding hydrogens is 475 g/mol. The topological polar surface area (TPSA) is 37.3 Å². The number of Topliss-reactive ketones (excluding diaryl/α,β-unsaturated/α-hetero) is 1. The maximum absolute atomic E-state index is 11.2. The van der Waals surface area contributed by atoms with E-state index >= 15 is 0 Å². The number of carbonyl (C=O) groups is 1. The molecule has 2 aromatic carbocycles. The van der Waals surface area contributed by atoms with Crippen LogP contribution in [0.25, 0.3) is 0 Å². The van der Waals surface area contributed by atoms with Gasteiger partial charge in [-0.1, -0.05) is 73.2 Å². The Balaban J connectivity index is -0.000000439. The number of allylic oxidation sites excluding steroid dienone is 1. The number of ketones is 1. The molecule has 0 aliphatic heterocycles. The van der Waals surface area contributed by atoms with E-state index in [-0.39, 0.29) is 41.2 Å². The second kappa shape index (κ2) is 20.6. The monoisotopic (exact) mass is 506 g/mol. The van der Waals surface area contributed by atoms with Gasteiger partial charge in [-0.2, -0.15) is 0 Å². The number of alkyl halides is 2. The number of benzene rings is 2. The van der Waals surface area contributed by atoms with Gasteiger partial charge in [0.25, 0.3) is 0 Å². The fourth-order valence-electron chi connectivity index (χ4n) is 2.59. The van der Waals surface area contributed by atoms with E-state index in [9.17, 15) is 9.90 Å². The molecule has 0 aliphatic carbocycles. The summed E-state index contributed by atoms with van der Waals surface area (Å²) in [6.07, 6.45) is 1.53. The second-order valence-corrected chi connectivity index (χ2v) is 7.91. The van der Waals surface area contributed by atoms with Crippen molar-refractivity contribution in [1.82, 2.24) is 0 Å². The molecule has 0 heterocycles. The van der Waals surface area contributed by atoms with Crippen molar-refractivity contribution in [3.05, 3.63) is 103 Å². The van der Waals surface area contributed by atoms with Crippen molar-refractivity contribution in [2.24, 2.45) is 0 Å². The van der Waals surface area contributed by atoms with Crippen molar-refractivity contribution in [3.63, 3.8) is 0 Å². The third-order valence-corrected chi connectivity index (χ3v) is 4.21. The maximum atomic E-state index is 11.2. The summed E-state index contributed by atoms with van der Waals surface area (Å²) >= 11 is 11.2. The van der Waals surface area contributed by atoms with Gasteiger partial charge in [0.05, 0.1) is 5.60 Å². The molecule has 0 fully saturated rings. The van der Waals surface area contributed by atoms with Gasteiger partial charge in [0.15, 0.2) is 5.78 Å². The first-order valence-electron chi connectivity index (χ1n) is 9.76. The molecule has 2 aromatic rings. The molecule has 1 unspecified atom stereocenters. The Bertz CT molecular complexity index is 763. The first-order chi connectivity index (χ1) is 14.2. The smallest absolute Gasteiger partial charge is 1.00 e. The number of hydrogen-bond donors (Lipinski definition) is 1. The molecule has 0 saturated heterocycles. The van der Waals surface area contributed by atoms with Crippen LogP contribution in [0.4, 0.5) is 0 Å². The summed E-state index contributed by atoms with van der Waals surface area (Å²) in [4.78, 5) is 11.2. The van der Waals surface area contributed by atoms with Gasteiger partial charge in [-0.15, -0.1) is 29.8 Å². The number of halogens is 3. The van der Waals surface area contributed by atoms with Crippen LogP contribution >= 0.6 is 23.2 Å². The Morgan fingerprint density at radius 2 is 1.41 bits per heavy atom. The molecule has 172 valence electrons. The molecule has 32 heavy (non-hydrogen) atoms. The van der Waals surface area contributed by atoms with Gasteiger partial charge >= 0.3 is 23.1 Å². The van der Waals surface area contributed by atoms with E-state index in [1.807, 2.05) is 62.4 Å². The van der Waals surface area contributed by atoms with E-state index in [1.165, 1.54) is 0 Å². The van der Waals surface area contributed by atoms with Crippen LogP contribution in [0.1, 0.15) is 49.0 Å². The van der Waals surface area contributed by atoms with Crippen molar-refractivity contribution < 1.29 is 22.3 Å². The van der Waals surface area contributed by atoms with E-state index in [1.54, 1.807) is 12.1 Å². The van der Waals surface area contributed by atoms with Gasteiger partial charge in [-0.3, -0.25) is 4.79 Å². The van der Waals surface area contributed by atoms with Crippen LogP contribution in [0.2, 0.25) is 0 Å². The average molecular weight is 508 g/mol. The fraction of sp³-hybridized carbons (Fsp3) is 0.308. The zero-order chi connectivity index (χ0) is 23.0. The molecule has 2 nitrogen and oxygen atoms in total. The summed E-state index contributed by atoms with van der Waals surface area (Å²) < 4.78 is 0. The normalized spacial score (nSPS) is 10.9. The van der Waals surface area contributed by atoms with Crippen LogP contribution < -0.4 is 12.4 Å². The molecule has 0 radical (unpaired) electrons. The maximum Gasteiger partial charge on any atom is 2.00 e. The van der Waals surface area contributed by atoms with Crippen LogP contribution in [0.15, 0.2) is 85.0 Å². The molecule has 0 aliphatic rings. The molecule has 0 amide bonds. The van der Waals surface area contributed by atoms with E-state index in [0.717, 1.165) is 22.3 Å². The molecule has 0 aromatic heterocycles. The van der Waals surface area contributed by atoms with Gasteiger partial charge in [-0.25, -0.2) is 19.1 Å². The van der Waals surface area contributed by atoms with Crippen LogP contribution in [0.5, 0.6) is 0 Å². The quantitative estimate of drug-likeness (QED) is 0.193.